The summed E-state index contributed by atoms with van der Waals surface area (Å²) in [5.74, 6) is -1.10. The van der Waals surface area contributed by atoms with Crippen LogP contribution < -0.4 is 16.4 Å². The SMILES string of the molecule is CNC(=O)c1cc(NC(N)=S)ccc1F. The monoisotopic (exact) mass is 227 g/mol. The number of carbonyl (C=O) groups is 1. The largest absolute Gasteiger partial charge is 0.376 e. The quantitative estimate of drug-likeness (QED) is 0.655. The van der Waals surface area contributed by atoms with E-state index in [2.05, 4.69) is 22.9 Å². The first-order chi connectivity index (χ1) is 7.04. The van der Waals surface area contributed by atoms with Gasteiger partial charge in [0, 0.05) is 12.7 Å². The van der Waals surface area contributed by atoms with Crippen LogP contribution in [0.1, 0.15) is 10.4 Å². The van der Waals surface area contributed by atoms with E-state index in [0.717, 1.165) is 0 Å². The van der Waals surface area contributed by atoms with Gasteiger partial charge in [-0.05, 0) is 30.4 Å². The lowest BCUT2D eigenvalue weighted by atomic mass is 10.1. The number of benzene rings is 1. The molecule has 6 heteroatoms. The molecule has 0 saturated carbocycles. The molecule has 0 aliphatic rings. The molecular formula is C9H10FN3OS. The minimum atomic E-state index is -0.595. The second-order valence-electron chi connectivity index (χ2n) is 2.76. The summed E-state index contributed by atoms with van der Waals surface area (Å²) in [7, 11) is 1.43. The molecule has 1 aromatic carbocycles. The zero-order valence-electron chi connectivity index (χ0n) is 8.00. The first kappa shape index (κ1) is 11.4. The highest BCUT2D eigenvalue weighted by Gasteiger charge is 2.10. The molecule has 0 aliphatic carbocycles. The third-order valence-electron chi connectivity index (χ3n) is 1.71. The number of hydrogen-bond acceptors (Lipinski definition) is 2. The van der Waals surface area contributed by atoms with Gasteiger partial charge in [-0.1, -0.05) is 0 Å². The zero-order valence-corrected chi connectivity index (χ0v) is 8.82. The van der Waals surface area contributed by atoms with Crippen LogP contribution in [0.15, 0.2) is 18.2 Å². The molecule has 1 aromatic rings. The zero-order chi connectivity index (χ0) is 11.4. The van der Waals surface area contributed by atoms with E-state index in [1.807, 2.05) is 0 Å². The third-order valence-corrected chi connectivity index (χ3v) is 1.81. The van der Waals surface area contributed by atoms with Gasteiger partial charge in [0.15, 0.2) is 5.11 Å². The van der Waals surface area contributed by atoms with Crippen LogP contribution in [0.2, 0.25) is 0 Å². The van der Waals surface area contributed by atoms with Crippen LogP contribution in [0.3, 0.4) is 0 Å². The second kappa shape index (κ2) is 4.70. The van der Waals surface area contributed by atoms with Crippen molar-refractivity contribution in [3.8, 4) is 0 Å². The predicted molar refractivity (Wildman–Crippen MR) is 60.2 cm³/mol. The summed E-state index contributed by atoms with van der Waals surface area (Å²) in [4.78, 5) is 11.2. The molecule has 0 fully saturated rings. The van der Waals surface area contributed by atoms with Crippen LogP contribution in [0, 0.1) is 5.82 Å². The van der Waals surface area contributed by atoms with Crippen molar-refractivity contribution in [2.75, 3.05) is 12.4 Å². The molecule has 0 aliphatic heterocycles. The van der Waals surface area contributed by atoms with E-state index < -0.39 is 11.7 Å². The van der Waals surface area contributed by atoms with Crippen LogP contribution >= 0.6 is 12.2 Å². The highest BCUT2D eigenvalue weighted by atomic mass is 32.1. The van der Waals surface area contributed by atoms with Gasteiger partial charge in [-0.3, -0.25) is 4.79 Å². The molecule has 80 valence electrons. The lowest BCUT2D eigenvalue weighted by molar-refractivity contribution is 0.0959. The summed E-state index contributed by atoms with van der Waals surface area (Å²) in [5, 5.41) is 5.01. The number of hydrogen-bond donors (Lipinski definition) is 3. The Kier molecular flexibility index (Phi) is 3.56. The van der Waals surface area contributed by atoms with Gasteiger partial charge in [0.25, 0.3) is 5.91 Å². The fraction of sp³-hybridized carbons (Fsp3) is 0.111. The Bertz CT molecular complexity index is 408. The van der Waals surface area contributed by atoms with Crippen molar-refractivity contribution < 1.29 is 9.18 Å². The van der Waals surface area contributed by atoms with Crippen molar-refractivity contribution in [3.63, 3.8) is 0 Å². The maximum Gasteiger partial charge on any atom is 0.254 e. The second-order valence-corrected chi connectivity index (χ2v) is 3.20. The standard InChI is InChI=1S/C9H10FN3OS/c1-12-8(14)6-4-5(13-9(11)15)2-3-7(6)10/h2-4H,1H3,(H,12,14)(H3,11,13,15). The number of rotatable bonds is 2. The Morgan fingerprint density at radius 1 is 1.53 bits per heavy atom. The summed E-state index contributed by atoms with van der Waals surface area (Å²) >= 11 is 4.62. The fourth-order valence-corrected chi connectivity index (χ4v) is 1.17. The number of amides is 1. The average Bonchev–Trinajstić information content (AvgIpc) is 2.19. The molecule has 15 heavy (non-hydrogen) atoms. The molecule has 0 bridgehead atoms. The third kappa shape index (κ3) is 2.88. The van der Waals surface area contributed by atoms with E-state index in [-0.39, 0.29) is 10.7 Å². The number of thiocarbonyl (C=S) groups is 1. The van der Waals surface area contributed by atoms with Crippen molar-refractivity contribution in [2.24, 2.45) is 5.73 Å². The number of nitrogens with two attached hydrogens (primary N) is 1. The van der Waals surface area contributed by atoms with E-state index >= 15 is 0 Å². The summed E-state index contributed by atoms with van der Waals surface area (Å²) in [6.07, 6.45) is 0. The van der Waals surface area contributed by atoms with Crippen LogP contribution in [0.4, 0.5) is 10.1 Å². The molecule has 4 nitrogen and oxygen atoms in total. The Balaban J connectivity index is 3.05. The smallest absolute Gasteiger partial charge is 0.254 e. The van der Waals surface area contributed by atoms with Gasteiger partial charge in [-0.25, -0.2) is 4.39 Å². The molecule has 0 saturated heterocycles. The Morgan fingerprint density at radius 3 is 2.73 bits per heavy atom. The van der Waals surface area contributed by atoms with E-state index in [9.17, 15) is 9.18 Å². The number of carbonyl (C=O) groups excluding carboxylic acids is 1. The molecule has 0 spiro atoms. The predicted octanol–water partition coefficient (Wildman–Crippen LogP) is 0.841. The molecule has 0 aromatic heterocycles. The maximum atomic E-state index is 13.2. The van der Waals surface area contributed by atoms with E-state index in [1.54, 1.807) is 0 Å². The molecule has 0 radical (unpaired) electrons. The number of anilines is 1. The lowest BCUT2D eigenvalue weighted by Gasteiger charge is -2.06. The Morgan fingerprint density at radius 2 is 2.20 bits per heavy atom. The van der Waals surface area contributed by atoms with Crippen molar-refractivity contribution in [1.29, 1.82) is 0 Å². The summed E-state index contributed by atoms with van der Waals surface area (Å²) in [6, 6.07) is 3.96. The molecular weight excluding hydrogens is 217 g/mol. The lowest BCUT2D eigenvalue weighted by Crippen LogP contribution is -2.21. The molecule has 0 unspecified atom stereocenters. The number of nitrogens with one attached hydrogen (secondary N) is 2. The van der Waals surface area contributed by atoms with Crippen LogP contribution in [0.25, 0.3) is 0 Å². The molecule has 1 rings (SSSR count). The minimum absolute atomic E-state index is 0.0567. The molecule has 4 N–H and O–H groups in total. The summed E-state index contributed by atoms with van der Waals surface area (Å²) in [6.45, 7) is 0. The van der Waals surface area contributed by atoms with Gasteiger partial charge >= 0.3 is 0 Å². The summed E-state index contributed by atoms with van der Waals surface area (Å²) in [5.41, 5.74) is 5.67. The van der Waals surface area contributed by atoms with Crippen LogP contribution in [-0.2, 0) is 0 Å². The van der Waals surface area contributed by atoms with Crippen LogP contribution in [-0.4, -0.2) is 18.1 Å². The molecule has 1 amide bonds. The van der Waals surface area contributed by atoms with Gasteiger partial charge in [0.05, 0.1) is 5.56 Å². The van der Waals surface area contributed by atoms with Crippen LogP contribution in [0.5, 0.6) is 0 Å². The van der Waals surface area contributed by atoms with E-state index in [1.165, 1.54) is 25.2 Å². The fourth-order valence-electron chi connectivity index (χ4n) is 1.05. The van der Waals surface area contributed by atoms with Crippen molar-refractivity contribution >= 4 is 28.9 Å². The van der Waals surface area contributed by atoms with Gasteiger partial charge in [-0.2, -0.15) is 0 Å². The van der Waals surface area contributed by atoms with Crippen molar-refractivity contribution in [1.82, 2.24) is 5.32 Å². The topological polar surface area (TPSA) is 67.2 Å². The normalized spacial score (nSPS) is 9.47. The van der Waals surface area contributed by atoms with E-state index in [0.29, 0.717) is 5.69 Å². The van der Waals surface area contributed by atoms with Gasteiger partial charge in [0.2, 0.25) is 0 Å². The summed E-state index contributed by atoms with van der Waals surface area (Å²) < 4.78 is 13.2. The van der Waals surface area contributed by atoms with Gasteiger partial charge in [-0.15, -0.1) is 0 Å². The first-order valence-corrected chi connectivity index (χ1v) is 4.53. The molecule has 0 atom stereocenters. The molecule has 0 heterocycles. The Labute approximate surface area is 91.7 Å². The van der Waals surface area contributed by atoms with Crippen molar-refractivity contribution in [3.05, 3.63) is 29.6 Å². The van der Waals surface area contributed by atoms with E-state index in [4.69, 9.17) is 5.73 Å². The van der Waals surface area contributed by atoms with Crippen molar-refractivity contribution in [2.45, 2.75) is 0 Å². The highest BCUT2D eigenvalue weighted by Crippen LogP contribution is 2.14. The van der Waals surface area contributed by atoms with Gasteiger partial charge < -0.3 is 16.4 Å². The average molecular weight is 227 g/mol. The minimum Gasteiger partial charge on any atom is -0.376 e. The first-order valence-electron chi connectivity index (χ1n) is 4.12. The Hall–Kier alpha value is -1.69. The number of halogens is 1. The highest BCUT2D eigenvalue weighted by molar-refractivity contribution is 7.80. The maximum absolute atomic E-state index is 13.2. The van der Waals surface area contributed by atoms with Gasteiger partial charge in [0.1, 0.15) is 5.82 Å².